The number of phenols is 1. The van der Waals surface area contributed by atoms with Gasteiger partial charge in [0.1, 0.15) is 29.9 Å². The van der Waals surface area contributed by atoms with Gasteiger partial charge in [-0.05, 0) is 42.7 Å². The first-order valence-electron chi connectivity index (χ1n) is 15.0. The van der Waals surface area contributed by atoms with Crippen LogP contribution in [0.15, 0.2) is 48.5 Å². The van der Waals surface area contributed by atoms with Crippen molar-refractivity contribution in [1.29, 1.82) is 0 Å². The van der Waals surface area contributed by atoms with Crippen molar-refractivity contribution in [2.75, 3.05) is 5.32 Å². The summed E-state index contributed by atoms with van der Waals surface area (Å²) in [5.41, 5.74) is 0.521. The summed E-state index contributed by atoms with van der Waals surface area (Å²) in [6.45, 7) is 5.82. The number of amides is 5. The molecule has 2 rings (SSSR count). The third-order valence-corrected chi connectivity index (χ3v) is 6.67. The minimum Gasteiger partial charge on any atom is -0.508 e. The highest BCUT2D eigenvalue weighted by atomic mass is 19.4. The maximum absolute atomic E-state index is 13.1. The highest BCUT2D eigenvalue weighted by molar-refractivity contribution is 6.00. The molecule has 8 N–H and O–H groups in total. The molecule has 0 aliphatic carbocycles. The molecule has 18 nitrogen and oxygen atoms in total. The lowest BCUT2D eigenvalue weighted by Crippen LogP contribution is -2.58. The molecular weight excluding hydrogens is 705 g/mol. The standard InChI is InChI=1S/C29H36N6O10.C2HF3O2/c1-15(2)25(34-28(42)22(31-17(4)36)13-18-5-11-21(37)12-6-18)29(43)30-16(3)26(40)33-23(14-24(38)39)27(41)32-19-7-9-20(10-8-19)35(44)45;3-2(4,5)1(6)7/h5-12,15-16,22-23,25,37H,13-14H2,1-4H3,(H,30,43)(H,31,36)(H,32,41)(H,33,40)(H,34,42)(H,38,39);(H,6,7)/t16-,22-,23-,25-;/m0./s1. The number of hydrogen-bond acceptors (Lipinski definition) is 10. The topological polar surface area (TPSA) is 283 Å². The Labute approximate surface area is 293 Å². The van der Waals surface area contributed by atoms with Gasteiger partial charge in [-0.2, -0.15) is 13.2 Å². The highest BCUT2D eigenvalue weighted by Gasteiger charge is 2.38. The lowest BCUT2D eigenvalue weighted by molar-refractivity contribution is -0.384. The Balaban J connectivity index is 0.00000174. The van der Waals surface area contributed by atoms with E-state index in [0.717, 1.165) is 12.1 Å². The summed E-state index contributed by atoms with van der Waals surface area (Å²) in [5, 5.41) is 49.0. The monoisotopic (exact) mass is 742 g/mol. The Kier molecular flexibility index (Phi) is 16.6. The second kappa shape index (κ2) is 19.8. The average molecular weight is 743 g/mol. The third kappa shape index (κ3) is 15.5. The number of nitro benzene ring substituents is 1. The summed E-state index contributed by atoms with van der Waals surface area (Å²) in [5.74, 6) is -8.33. The predicted octanol–water partition coefficient (Wildman–Crippen LogP) is 1.22. The zero-order chi connectivity index (χ0) is 39.9. The van der Waals surface area contributed by atoms with Gasteiger partial charge in [-0.3, -0.25) is 38.9 Å². The number of nitrogens with zero attached hydrogens (tertiary/aromatic N) is 1. The van der Waals surface area contributed by atoms with E-state index in [2.05, 4.69) is 26.6 Å². The van der Waals surface area contributed by atoms with Crippen LogP contribution in [0.2, 0.25) is 0 Å². The van der Waals surface area contributed by atoms with Crippen molar-refractivity contribution in [1.82, 2.24) is 21.3 Å². The van der Waals surface area contributed by atoms with E-state index in [9.17, 15) is 62.3 Å². The third-order valence-electron chi connectivity index (χ3n) is 6.67. The molecule has 4 atom stereocenters. The fourth-order valence-electron chi connectivity index (χ4n) is 4.06. The van der Waals surface area contributed by atoms with E-state index in [0.29, 0.717) is 5.56 Å². The van der Waals surface area contributed by atoms with Gasteiger partial charge in [-0.1, -0.05) is 26.0 Å². The smallest absolute Gasteiger partial charge is 0.490 e. The van der Waals surface area contributed by atoms with Crippen molar-refractivity contribution in [2.45, 2.75) is 70.9 Å². The molecule has 0 saturated heterocycles. The summed E-state index contributed by atoms with van der Waals surface area (Å²) >= 11 is 0. The number of anilines is 1. The largest absolute Gasteiger partial charge is 0.508 e. The maximum atomic E-state index is 13.1. The first kappa shape index (κ1) is 43.7. The molecule has 0 unspecified atom stereocenters. The van der Waals surface area contributed by atoms with Crippen LogP contribution in [0.25, 0.3) is 0 Å². The normalized spacial score (nSPS) is 13.1. The van der Waals surface area contributed by atoms with Crippen molar-refractivity contribution < 1.29 is 67.0 Å². The number of halogens is 3. The zero-order valence-electron chi connectivity index (χ0n) is 28.0. The molecule has 5 amide bonds. The molecule has 0 aromatic heterocycles. The van der Waals surface area contributed by atoms with E-state index in [1.165, 1.54) is 38.1 Å². The molecule has 52 heavy (non-hydrogen) atoms. The van der Waals surface area contributed by atoms with Gasteiger partial charge in [0.2, 0.25) is 29.5 Å². The Bertz CT molecular complexity index is 1620. The van der Waals surface area contributed by atoms with Crippen LogP contribution >= 0.6 is 0 Å². The quantitative estimate of drug-likeness (QED) is 0.0945. The number of alkyl halides is 3. The summed E-state index contributed by atoms with van der Waals surface area (Å²) in [6, 6.07) is 5.69. The number of nitro groups is 1. The van der Waals surface area contributed by atoms with Crippen LogP contribution < -0.4 is 26.6 Å². The molecule has 284 valence electrons. The van der Waals surface area contributed by atoms with Crippen LogP contribution in [0.3, 0.4) is 0 Å². The molecule has 0 fully saturated rings. The number of hydrogen-bond donors (Lipinski definition) is 8. The maximum Gasteiger partial charge on any atom is 0.490 e. The lowest BCUT2D eigenvalue weighted by Gasteiger charge is -2.27. The molecular formula is C31H37F3N6O12. The number of carboxylic acid groups (broad SMARTS) is 2. The summed E-state index contributed by atoms with van der Waals surface area (Å²) in [7, 11) is 0. The Morgan fingerprint density at radius 1 is 0.769 bits per heavy atom. The number of nitrogens with one attached hydrogen (secondary N) is 5. The SMILES string of the molecule is CC(=O)N[C@@H](Cc1ccc(O)cc1)C(=O)N[C@H](C(=O)N[C@@H](C)C(=O)N[C@@H](CC(=O)O)C(=O)Nc1ccc([N+](=O)[O-])cc1)C(C)C.O=C(O)C(F)(F)F. The first-order chi connectivity index (χ1) is 24.0. The molecule has 0 bridgehead atoms. The van der Waals surface area contributed by atoms with Crippen molar-refractivity contribution in [2.24, 2.45) is 5.92 Å². The second-order valence-electron chi connectivity index (χ2n) is 11.3. The van der Waals surface area contributed by atoms with E-state index in [1.54, 1.807) is 26.0 Å². The van der Waals surface area contributed by atoms with Gasteiger partial charge in [0.25, 0.3) is 5.69 Å². The number of phenolic OH excluding ortho intramolecular Hbond substituents is 1. The van der Waals surface area contributed by atoms with E-state index in [1.807, 2.05) is 0 Å². The van der Waals surface area contributed by atoms with E-state index in [4.69, 9.17) is 9.90 Å². The van der Waals surface area contributed by atoms with Crippen LogP contribution in [-0.2, 0) is 40.0 Å². The number of carbonyl (C=O) groups excluding carboxylic acids is 5. The summed E-state index contributed by atoms with van der Waals surface area (Å²) in [4.78, 5) is 94.2. The number of rotatable bonds is 15. The van der Waals surface area contributed by atoms with Gasteiger partial charge in [-0.25, -0.2) is 4.79 Å². The molecule has 21 heteroatoms. The minimum absolute atomic E-state index is 0.0216. The fraction of sp³-hybridized carbons (Fsp3) is 0.387. The van der Waals surface area contributed by atoms with Gasteiger partial charge in [0.05, 0.1) is 11.3 Å². The van der Waals surface area contributed by atoms with Crippen molar-refractivity contribution in [3.05, 3.63) is 64.2 Å². The van der Waals surface area contributed by atoms with Crippen LogP contribution in [0.4, 0.5) is 24.5 Å². The Hall–Kier alpha value is -6.28. The molecule has 0 aliphatic heterocycles. The number of benzene rings is 2. The van der Waals surface area contributed by atoms with Crippen LogP contribution in [0, 0.1) is 16.0 Å². The first-order valence-corrected chi connectivity index (χ1v) is 15.0. The number of carbonyl (C=O) groups is 7. The summed E-state index contributed by atoms with van der Waals surface area (Å²) < 4.78 is 31.7. The van der Waals surface area contributed by atoms with Crippen molar-refractivity contribution in [3.8, 4) is 5.75 Å². The Morgan fingerprint density at radius 3 is 1.75 bits per heavy atom. The molecule has 0 heterocycles. The molecule has 0 saturated carbocycles. The lowest BCUT2D eigenvalue weighted by atomic mass is 10.0. The average Bonchev–Trinajstić information content (AvgIpc) is 3.03. The predicted molar refractivity (Wildman–Crippen MR) is 173 cm³/mol. The van der Waals surface area contributed by atoms with Gasteiger partial charge in [-0.15, -0.1) is 0 Å². The van der Waals surface area contributed by atoms with Gasteiger partial charge in [0, 0.05) is 31.2 Å². The van der Waals surface area contributed by atoms with Crippen molar-refractivity contribution in [3.63, 3.8) is 0 Å². The number of aliphatic carboxylic acids is 2. The number of non-ortho nitro benzene ring substituents is 1. The fourth-order valence-corrected chi connectivity index (χ4v) is 4.06. The molecule has 0 spiro atoms. The van der Waals surface area contributed by atoms with E-state index >= 15 is 0 Å². The molecule has 0 radical (unpaired) electrons. The van der Waals surface area contributed by atoms with Crippen LogP contribution in [0.1, 0.15) is 39.7 Å². The van der Waals surface area contributed by atoms with Gasteiger partial charge in [0.15, 0.2) is 0 Å². The second-order valence-corrected chi connectivity index (χ2v) is 11.3. The number of aromatic hydroxyl groups is 1. The van der Waals surface area contributed by atoms with Gasteiger partial charge >= 0.3 is 18.1 Å². The van der Waals surface area contributed by atoms with E-state index < -0.39 is 89.1 Å². The Morgan fingerprint density at radius 2 is 1.31 bits per heavy atom. The minimum atomic E-state index is -5.08. The van der Waals surface area contributed by atoms with E-state index in [-0.39, 0.29) is 23.5 Å². The zero-order valence-corrected chi connectivity index (χ0v) is 28.0. The molecule has 0 aliphatic rings. The highest BCUT2D eigenvalue weighted by Crippen LogP contribution is 2.16. The van der Waals surface area contributed by atoms with Crippen molar-refractivity contribution >= 4 is 52.8 Å². The van der Waals surface area contributed by atoms with Gasteiger partial charge < -0.3 is 41.9 Å². The van der Waals surface area contributed by atoms with Crippen LogP contribution in [-0.4, -0.2) is 92.1 Å². The molecule has 2 aromatic carbocycles. The number of carboxylic acids is 2. The van der Waals surface area contributed by atoms with Crippen LogP contribution in [0.5, 0.6) is 5.75 Å². The summed E-state index contributed by atoms with van der Waals surface area (Å²) in [6.07, 6.45) is -5.83. The molecule has 2 aromatic rings.